The molecule has 3 rings (SSSR count). The molecule has 0 unspecified atom stereocenters. The van der Waals surface area contributed by atoms with E-state index < -0.39 is 11.6 Å². The molecule has 2 N–H and O–H groups in total. The Kier molecular flexibility index (Phi) is 4.94. The highest BCUT2D eigenvalue weighted by molar-refractivity contribution is 5.95. The van der Waals surface area contributed by atoms with Crippen molar-refractivity contribution >= 4 is 17.5 Å². The van der Waals surface area contributed by atoms with Crippen LogP contribution in [0.25, 0.3) is 0 Å². The molecule has 5 nitrogen and oxygen atoms in total. The first-order valence-electron chi connectivity index (χ1n) is 7.47. The minimum atomic E-state index is -0.682. The third kappa shape index (κ3) is 4.57. The minimum Gasteiger partial charge on any atom is -0.348 e. The number of carbonyl (C=O) groups excluding carboxylic acids is 1. The van der Waals surface area contributed by atoms with Crippen LogP contribution in [0.15, 0.2) is 60.9 Å². The van der Waals surface area contributed by atoms with Crippen LogP contribution < -0.4 is 10.6 Å². The number of benzene rings is 2. The minimum absolute atomic E-state index is 0.0208. The van der Waals surface area contributed by atoms with Gasteiger partial charge in [0.2, 0.25) is 5.95 Å². The van der Waals surface area contributed by atoms with Gasteiger partial charge < -0.3 is 10.6 Å². The van der Waals surface area contributed by atoms with E-state index in [1.165, 1.54) is 12.1 Å². The summed E-state index contributed by atoms with van der Waals surface area (Å²) in [5, 5.41) is 5.62. The lowest BCUT2D eigenvalue weighted by Gasteiger charge is -2.08. The van der Waals surface area contributed by atoms with Crippen molar-refractivity contribution in [2.24, 2.45) is 0 Å². The highest BCUT2D eigenvalue weighted by atomic mass is 19.1. The number of halogens is 2. The normalized spacial score (nSPS) is 10.3. The Morgan fingerprint density at radius 3 is 2.40 bits per heavy atom. The summed E-state index contributed by atoms with van der Waals surface area (Å²) in [5.41, 5.74) is 1.39. The first-order valence-corrected chi connectivity index (χ1v) is 7.47. The van der Waals surface area contributed by atoms with Gasteiger partial charge in [0, 0.05) is 36.3 Å². The molecule has 1 heterocycles. The number of rotatable bonds is 5. The van der Waals surface area contributed by atoms with E-state index in [9.17, 15) is 13.6 Å². The number of amides is 1. The van der Waals surface area contributed by atoms with Gasteiger partial charge in [-0.25, -0.2) is 18.7 Å². The van der Waals surface area contributed by atoms with Gasteiger partial charge in [-0.1, -0.05) is 6.07 Å². The Balaban J connectivity index is 1.67. The monoisotopic (exact) mass is 340 g/mol. The number of carbonyl (C=O) groups is 1. The summed E-state index contributed by atoms with van der Waals surface area (Å²) in [6, 6.07) is 11.6. The molecule has 7 heteroatoms. The van der Waals surface area contributed by atoms with E-state index in [0.717, 1.165) is 6.07 Å². The Morgan fingerprint density at radius 2 is 1.68 bits per heavy atom. The van der Waals surface area contributed by atoms with Crippen LogP contribution in [0.3, 0.4) is 0 Å². The molecule has 0 atom stereocenters. The average molecular weight is 340 g/mol. The Hall–Kier alpha value is -3.35. The van der Waals surface area contributed by atoms with E-state index in [-0.39, 0.29) is 12.5 Å². The molecular weight excluding hydrogens is 326 g/mol. The number of nitrogens with zero attached hydrogens (tertiary/aromatic N) is 2. The smallest absolute Gasteiger partial charge is 0.251 e. The van der Waals surface area contributed by atoms with E-state index in [1.54, 1.807) is 42.7 Å². The number of nitrogens with one attached hydrogen (secondary N) is 2. The topological polar surface area (TPSA) is 66.9 Å². The van der Waals surface area contributed by atoms with Gasteiger partial charge in [0.05, 0.1) is 0 Å². The zero-order valence-corrected chi connectivity index (χ0v) is 13.0. The van der Waals surface area contributed by atoms with Gasteiger partial charge in [-0.05, 0) is 42.0 Å². The van der Waals surface area contributed by atoms with Crippen molar-refractivity contribution in [3.8, 4) is 0 Å². The van der Waals surface area contributed by atoms with Gasteiger partial charge in [-0.3, -0.25) is 4.79 Å². The second kappa shape index (κ2) is 7.48. The van der Waals surface area contributed by atoms with Crippen LogP contribution in [-0.4, -0.2) is 15.9 Å². The lowest BCUT2D eigenvalue weighted by molar-refractivity contribution is 0.0951. The van der Waals surface area contributed by atoms with Crippen LogP contribution in [0, 0.1) is 11.6 Å². The molecular formula is C18H14F2N4O. The molecule has 0 fully saturated rings. The molecule has 1 amide bonds. The molecule has 0 aliphatic carbocycles. The molecule has 0 aliphatic rings. The summed E-state index contributed by atoms with van der Waals surface area (Å²) in [6.45, 7) is 0.0208. The van der Waals surface area contributed by atoms with Crippen LogP contribution in [0.2, 0.25) is 0 Å². The first-order chi connectivity index (χ1) is 12.1. The fraction of sp³-hybridized carbons (Fsp3) is 0.0556. The molecule has 126 valence electrons. The highest BCUT2D eigenvalue weighted by Gasteiger charge is 2.08. The fourth-order valence-electron chi connectivity index (χ4n) is 2.23. The lowest BCUT2D eigenvalue weighted by Crippen LogP contribution is -2.23. The van der Waals surface area contributed by atoms with E-state index in [0.29, 0.717) is 22.8 Å². The van der Waals surface area contributed by atoms with E-state index in [4.69, 9.17) is 0 Å². The van der Waals surface area contributed by atoms with E-state index in [2.05, 4.69) is 20.6 Å². The summed E-state index contributed by atoms with van der Waals surface area (Å²) in [6.07, 6.45) is 3.20. The van der Waals surface area contributed by atoms with Crippen molar-refractivity contribution in [2.75, 3.05) is 5.32 Å². The van der Waals surface area contributed by atoms with Crippen LogP contribution in [0.1, 0.15) is 15.9 Å². The van der Waals surface area contributed by atoms with Gasteiger partial charge in [-0.2, -0.15) is 0 Å². The average Bonchev–Trinajstić information content (AvgIpc) is 2.60. The molecule has 0 saturated carbocycles. The van der Waals surface area contributed by atoms with Gasteiger partial charge in [0.25, 0.3) is 5.91 Å². The molecule has 25 heavy (non-hydrogen) atoms. The standard InChI is InChI=1S/C18H14F2N4O/c19-14-7-12(8-15(20)10-14)11-23-17(25)13-3-1-4-16(9-13)24-18-21-5-2-6-22-18/h1-10H,11H2,(H,23,25)(H,21,22,24). The number of hydrogen-bond donors (Lipinski definition) is 2. The zero-order chi connectivity index (χ0) is 17.6. The van der Waals surface area contributed by atoms with Crippen LogP contribution in [0.4, 0.5) is 20.4 Å². The third-order valence-corrected chi connectivity index (χ3v) is 3.32. The van der Waals surface area contributed by atoms with Crippen LogP contribution in [-0.2, 0) is 6.54 Å². The molecule has 1 aromatic heterocycles. The third-order valence-electron chi connectivity index (χ3n) is 3.32. The maximum absolute atomic E-state index is 13.2. The molecule has 0 spiro atoms. The second-order valence-electron chi connectivity index (χ2n) is 5.24. The van der Waals surface area contributed by atoms with Gasteiger partial charge in [-0.15, -0.1) is 0 Å². The summed E-state index contributed by atoms with van der Waals surface area (Å²) in [7, 11) is 0. The van der Waals surface area contributed by atoms with Crippen LogP contribution >= 0.6 is 0 Å². The highest BCUT2D eigenvalue weighted by Crippen LogP contribution is 2.15. The number of anilines is 2. The predicted octanol–water partition coefficient (Wildman–Crippen LogP) is 3.43. The molecule has 0 saturated heterocycles. The Labute approximate surface area is 142 Å². The Bertz CT molecular complexity index is 867. The van der Waals surface area contributed by atoms with Crippen molar-refractivity contribution in [3.05, 3.63) is 83.7 Å². The molecule has 0 radical (unpaired) electrons. The predicted molar refractivity (Wildman–Crippen MR) is 89.3 cm³/mol. The molecule has 0 aliphatic heterocycles. The summed E-state index contributed by atoms with van der Waals surface area (Å²) in [4.78, 5) is 20.3. The van der Waals surface area contributed by atoms with E-state index >= 15 is 0 Å². The van der Waals surface area contributed by atoms with Crippen molar-refractivity contribution in [2.45, 2.75) is 6.54 Å². The first kappa shape index (κ1) is 16.5. The van der Waals surface area contributed by atoms with Crippen molar-refractivity contribution in [1.29, 1.82) is 0 Å². The SMILES string of the molecule is O=C(NCc1cc(F)cc(F)c1)c1cccc(Nc2ncccn2)c1. The van der Waals surface area contributed by atoms with Gasteiger partial charge >= 0.3 is 0 Å². The molecule has 0 bridgehead atoms. The fourth-order valence-corrected chi connectivity index (χ4v) is 2.23. The Morgan fingerprint density at radius 1 is 0.960 bits per heavy atom. The summed E-state index contributed by atoms with van der Waals surface area (Å²) < 4.78 is 26.3. The van der Waals surface area contributed by atoms with Gasteiger partial charge in [0.15, 0.2) is 0 Å². The second-order valence-corrected chi connectivity index (χ2v) is 5.24. The molecule has 2 aromatic carbocycles. The number of aromatic nitrogens is 2. The summed E-state index contributed by atoms with van der Waals surface area (Å²) >= 11 is 0. The zero-order valence-electron chi connectivity index (χ0n) is 13.0. The van der Waals surface area contributed by atoms with E-state index in [1.807, 2.05) is 0 Å². The summed E-state index contributed by atoms with van der Waals surface area (Å²) in [5.74, 6) is -1.31. The largest absolute Gasteiger partial charge is 0.348 e. The van der Waals surface area contributed by atoms with Gasteiger partial charge in [0.1, 0.15) is 11.6 Å². The lowest BCUT2D eigenvalue weighted by atomic mass is 10.1. The maximum Gasteiger partial charge on any atom is 0.251 e. The number of hydrogen-bond acceptors (Lipinski definition) is 4. The van der Waals surface area contributed by atoms with Crippen molar-refractivity contribution < 1.29 is 13.6 Å². The van der Waals surface area contributed by atoms with Crippen LogP contribution in [0.5, 0.6) is 0 Å². The maximum atomic E-state index is 13.2. The van der Waals surface area contributed by atoms with Crippen molar-refractivity contribution in [3.63, 3.8) is 0 Å². The quantitative estimate of drug-likeness (QED) is 0.747. The van der Waals surface area contributed by atoms with Crippen molar-refractivity contribution in [1.82, 2.24) is 15.3 Å². The molecule has 3 aromatic rings.